The third-order valence-corrected chi connectivity index (χ3v) is 6.20. The lowest BCUT2D eigenvalue weighted by molar-refractivity contribution is 0.448. The molecule has 0 aliphatic rings. The van der Waals surface area contributed by atoms with E-state index >= 15 is 0 Å². The van der Waals surface area contributed by atoms with Gasteiger partial charge >= 0.3 is 0 Å². The van der Waals surface area contributed by atoms with Crippen molar-refractivity contribution in [2.45, 2.75) is 19.6 Å². The summed E-state index contributed by atoms with van der Waals surface area (Å²) in [4.78, 5) is 13.0. The van der Waals surface area contributed by atoms with E-state index in [9.17, 15) is 8.42 Å². The highest BCUT2D eigenvalue weighted by atomic mass is 32.2. The molecule has 5 aromatic rings. The number of nitrogens with one attached hydrogen (secondary N) is 1. The average Bonchev–Trinajstić information content (AvgIpc) is 3.40. The predicted molar refractivity (Wildman–Crippen MR) is 125 cm³/mol. The van der Waals surface area contributed by atoms with E-state index in [-0.39, 0.29) is 5.75 Å². The second-order valence-corrected chi connectivity index (χ2v) is 9.29. The van der Waals surface area contributed by atoms with Crippen molar-refractivity contribution in [3.63, 3.8) is 0 Å². The Labute approximate surface area is 195 Å². The van der Waals surface area contributed by atoms with E-state index in [0.717, 1.165) is 5.82 Å². The topological polar surface area (TPSA) is 125 Å². The summed E-state index contributed by atoms with van der Waals surface area (Å²) in [7, 11) is -3.70. The van der Waals surface area contributed by atoms with Crippen LogP contribution < -0.4 is 9.46 Å². The van der Waals surface area contributed by atoms with E-state index in [1.165, 1.54) is 0 Å². The van der Waals surface area contributed by atoms with Crippen LogP contribution in [0, 0.1) is 13.8 Å². The summed E-state index contributed by atoms with van der Waals surface area (Å²) in [5.41, 5.74) is 1.29. The fraction of sp³-hybridized carbons (Fsp3) is 0.130. The van der Waals surface area contributed by atoms with Gasteiger partial charge in [-0.1, -0.05) is 17.3 Å². The van der Waals surface area contributed by atoms with Crippen molar-refractivity contribution >= 4 is 26.7 Å². The maximum atomic E-state index is 12.7. The van der Waals surface area contributed by atoms with Crippen molar-refractivity contribution in [1.82, 2.24) is 24.7 Å². The van der Waals surface area contributed by atoms with E-state index in [2.05, 4.69) is 24.8 Å². The second-order valence-electron chi connectivity index (χ2n) is 7.57. The van der Waals surface area contributed by atoms with Crippen LogP contribution in [0.1, 0.15) is 17.3 Å². The fourth-order valence-electron chi connectivity index (χ4n) is 3.47. The SMILES string of the molecule is Cc1nc(Oc2ccc(NS(=O)(=O)Cc3noc4ccccc34)cc2)cc(-n2ccnc2C)n1. The van der Waals surface area contributed by atoms with Gasteiger partial charge in [0, 0.05) is 29.5 Å². The van der Waals surface area contributed by atoms with Crippen LogP contribution >= 0.6 is 0 Å². The number of hydrogen-bond acceptors (Lipinski definition) is 8. The van der Waals surface area contributed by atoms with E-state index in [4.69, 9.17) is 9.26 Å². The number of sulfonamides is 1. The van der Waals surface area contributed by atoms with E-state index in [1.54, 1.807) is 67.7 Å². The van der Waals surface area contributed by atoms with Crippen LogP contribution in [0.2, 0.25) is 0 Å². The fourth-order valence-corrected chi connectivity index (χ4v) is 4.61. The molecule has 0 fully saturated rings. The minimum atomic E-state index is -3.70. The number of aromatic nitrogens is 5. The molecule has 1 N–H and O–H groups in total. The number of benzene rings is 2. The molecule has 34 heavy (non-hydrogen) atoms. The summed E-state index contributed by atoms with van der Waals surface area (Å²) in [5, 5.41) is 4.56. The number of aryl methyl sites for hydroxylation is 2. The summed E-state index contributed by atoms with van der Waals surface area (Å²) >= 11 is 0. The van der Waals surface area contributed by atoms with Gasteiger partial charge in [-0.2, -0.15) is 4.98 Å². The first-order chi connectivity index (χ1) is 16.4. The van der Waals surface area contributed by atoms with Crippen LogP contribution in [0.25, 0.3) is 16.8 Å². The van der Waals surface area contributed by atoms with E-state index in [0.29, 0.717) is 45.6 Å². The van der Waals surface area contributed by atoms with Gasteiger partial charge in [-0.05, 0) is 50.2 Å². The van der Waals surface area contributed by atoms with Crippen molar-refractivity contribution in [3.8, 4) is 17.4 Å². The molecule has 0 unspecified atom stereocenters. The summed E-state index contributed by atoms with van der Waals surface area (Å²) in [5.74, 6) is 2.53. The van der Waals surface area contributed by atoms with Crippen LogP contribution in [0.5, 0.6) is 11.6 Å². The first-order valence-electron chi connectivity index (χ1n) is 10.3. The minimum Gasteiger partial charge on any atom is -0.439 e. The number of imidazole rings is 1. The van der Waals surface area contributed by atoms with Crippen LogP contribution in [-0.2, 0) is 15.8 Å². The van der Waals surface area contributed by atoms with E-state index in [1.807, 2.05) is 17.7 Å². The number of anilines is 1. The van der Waals surface area contributed by atoms with Gasteiger partial charge in [-0.3, -0.25) is 9.29 Å². The second kappa shape index (κ2) is 8.60. The molecule has 0 aliphatic heterocycles. The number of rotatable bonds is 7. The molecular formula is C23H20N6O4S. The van der Waals surface area contributed by atoms with Gasteiger partial charge in [0.05, 0.1) is 0 Å². The Morgan fingerprint density at radius 1 is 1.06 bits per heavy atom. The number of para-hydroxylation sites is 1. The normalized spacial score (nSPS) is 11.6. The third kappa shape index (κ3) is 4.59. The van der Waals surface area contributed by atoms with E-state index < -0.39 is 10.0 Å². The zero-order valence-corrected chi connectivity index (χ0v) is 19.2. The highest BCUT2D eigenvalue weighted by molar-refractivity contribution is 7.91. The Hall–Kier alpha value is -4.25. The zero-order valence-electron chi connectivity index (χ0n) is 18.3. The Morgan fingerprint density at radius 3 is 2.62 bits per heavy atom. The molecule has 172 valence electrons. The monoisotopic (exact) mass is 476 g/mol. The number of hydrogen-bond donors (Lipinski definition) is 1. The molecular weight excluding hydrogens is 456 g/mol. The Kier molecular flexibility index (Phi) is 5.46. The van der Waals surface area contributed by atoms with Gasteiger partial charge < -0.3 is 9.26 Å². The average molecular weight is 477 g/mol. The van der Waals surface area contributed by atoms with Crippen LogP contribution in [0.4, 0.5) is 5.69 Å². The molecule has 2 aromatic carbocycles. The molecule has 10 nitrogen and oxygen atoms in total. The molecule has 0 atom stereocenters. The zero-order chi connectivity index (χ0) is 23.7. The summed E-state index contributed by atoms with van der Waals surface area (Å²) in [6.07, 6.45) is 3.50. The molecule has 3 aromatic heterocycles. The molecule has 0 saturated heterocycles. The first-order valence-corrected chi connectivity index (χ1v) is 12.0. The van der Waals surface area contributed by atoms with Gasteiger partial charge in [0.1, 0.15) is 34.7 Å². The highest BCUT2D eigenvalue weighted by Crippen LogP contribution is 2.25. The number of ether oxygens (including phenoxy) is 1. The van der Waals surface area contributed by atoms with Crippen molar-refractivity contribution in [2.24, 2.45) is 0 Å². The molecule has 0 aliphatic carbocycles. The first kappa shape index (κ1) is 21.6. The number of fused-ring (bicyclic) bond motifs is 1. The molecule has 0 radical (unpaired) electrons. The van der Waals surface area contributed by atoms with Gasteiger partial charge in [0.15, 0.2) is 5.58 Å². The van der Waals surface area contributed by atoms with Gasteiger partial charge in [-0.15, -0.1) is 0 Å². The summed E-state index contributed by atoms with van der Waals surface area (Å²) < 4.78 is 40.8. The lowest BCUT2D eigenvalue weighted by Gasteiger charge is -2.10. The molecule has 5 rings (SSSR count). The van der Waals surface area contributed by atoms with Crippen LogP contribution in [-0.4, -0.2) is 33.1 Å². The molecule has 0 spiro atoms. The largest absolute Gasteiger partial charge is 0.439 e. The van der Waals surface area contributed by atoms with Gasteiger partial charge in [-0.25, -0.2) is 18.4 Å². The molecule has 11 heteroatoms. The Morgan fingerprint density at radius 2 is 1.85 bits per heavy atom. The van der Waals surface area contributed by atoms with Crippen LogP contribution in [0.3, 0.4) is 0 Å². The summed E-state index contributed by atoms with van der Waals surface area (Å²) in [6, 6.07) is 15.4. The van der Waals surface area contributed by atoms with Gasteiger partial charge in [0.25, 0.3) is 0 Å². The molecule has 3 heterocycles. The minimum absolute atomic E-state index is 0.307. The van der Waals surface area contributed by atoms with Crippen molar-refractivity contribution in [3.05, 3.63) is 84.3 Å². The third-order valence-electron chi connectivity index (χ3n) is 5.00. The quantitative estimate of drug-likeness (QED) is 0.371. The maximum absolute atomic E-state index is 12.7. The smallest absolute Gasteiger partial charge is 0.238 e. The maximum Gasteiger partial charge on any atom is 0.238 e. The molecule has 0 bridgehead atoms. The van der Waals surface area contributed by atoms with Crippen molar-refractivity contribution in [2.75, 3.05) is 4.72 Å². The number of nitrogens with zero attached hydrogens (tertiary/aromatic N) is 5. The Bertz CT molecular complexity index is 1570. The van der Waals surface area contributed by atoms with Crippen molar-refractivity contribution < 1.29 is 17.7 Å². The summed E-state index contributed by atoms with van der Waals surface area (Å²) in [6.45, 7) is 3.65. The highest BCUT2D eigenvalue weighted by Gasteiger charge is 2.18. The van der Waals surface area contributed by atoms with Crippen molar-refractivity contribution in [1.29, 1.82) is 0 Å². The molecule has 0 saturated carbocycles. The Balaban J connectivity index is 1.29. The predicted octanol–water partition coefficient (Wildman–Crippen LogP) is 4.15. The van der Waals surface area contributed by atoms with Gasteiger partial charge in [0.2, 0.25) is 15.9 Å². The van der Waals surface area contributed by atoms with Crippen LogP contribution in [0.15, 0.2) is 71.5 Å². The lowest BCUT2D eigenvalue weighted by atomic mass is 10.2. The molecule has 0 amide bonds. The standard InChI is InChI=1S/C23H20N6O4S/c1-15-25-22(29-12-11-24-16(29)2)13-23(26-15)32-18-9-7-17(8-10-18)28-34(30,31)14-20-19-5-3-4-6-21(19)33-27-20/h3-13,28H,14H2,1-2H3. The lowest BCUT2D eigenvalue weighted by Crippen LogP contribution is -2.15.